The summed E-state index contributed by atoms with van der Waals surface area (Å²) < 4.78 is 6.78. The normalized spacial score (nSPS) is 35.9. The van der Waals surface area contributed by atoms with E-state index in [1.54, 1.807) is 0 Å². The standard InChI is InChI=1S/C26H33NO/c1-24(2)11-5-12-25(3)22(24)8-13-26(4)23(25)17-20-16-19(6-7-21(20)28-26)18-9-14-27-15-10-18/h6-7,9-10,14-16,22-23H,5,8,11-13,17H2,1-4H3/t22?,23-,25+,26-/m1/s1. The molecule has 0 radical (unpaired) electrons. The number of hydrogen-bond donors (Lipinski definition) is 0. The average molecular weight is 376 g/mol. The van der Waals surface area contributed by atoms with Crippen molar-refractivity contribution in [3.05, 3.63) is 48.3 Å². The molecule has 2 heteroatoms. The first-order chi connectivity index (χ1) is 13.3. The summed E-state index contributed by atoms with van der Waals surface area (Å²) in [4.78, 5) is 4.16. The fraction of sp³-hybridized carbons (Fsp3) is 0.577. The Labute approximate surface area is 169 Å². The molecule has 0 N–H and O–H groups in total. The summed E-state index contributed by atoms with van der Waals surface area (Å²) in [6.45, 7) is 10.00. The molecule has 148 valence electrons. The number of pyridine rings is 1. The highest BCUT2D eigenvalue weighted by Crippen LogP contribution is 2.64. The second kappa shape index (κ2) is 6.08. The first-order valence-electron chi connectivity index (χ1n) is 11.0. The second-order valence-corrected chi connectivity index (χ2v) is 10.7. The van der Waals surface area contributed by atoms with Gasteiger partial charge >= 0.3 is 0 Å². The van der Waals surface area contributed by atoms with Crippen LogP contribution >= 0.6 is 0 Å². The van der Waals surface area contributed by atoms with Crippen LogP contribution < -0.4 is 4.74 Å². The monoisotopic (exact) mass is 375 g/mol. The van der Waals surface area contributed by atoms with Crippen molar-refractivity contribution in [2.45, 2.75) is 71.8 Å². The third kappa shape index (κ3) is 2.64. The van der Waals surface area contributed by atoms with Crippen LogP contribution in [0.4, 0.5) is 0 Å². The van der Waals surface area contributed by atoms with Crippen molar-refractivity contribution in [2.75, 3.05) is 0 Å². The van der Waals surface area contributed by atoms with E-state index >= 15 is 0 Å². The molecule has 1 aromatic heterocycles. The highest BCUT2D eigenvalue weighted by molar-refractivity contribution is 5.65. The summed E-state index contributed by atoms with van der Waals surface area (Å²) in [5.41, 5.74) is 4.70. The smallest absolute Gasteiger partial charge is 0.123 e. The van der Waals surface area contributed by atoms with Gasteiger partial charge in [-0.25, -0.2) is 0 Å². The summed E-state index contributed by atoms with van der Waals surface area (Å²) in [6.07, 6.45) is 11.5. The molecular formula is C26H33NO. The minimum atomic E-state index is -0.0240. The summed E-state index contributed by atoms with van der Waals surface area (Å²) in [7, 11) is 0. The lowest BCUT2D eigenvalue weighted by Gasteiger charge is -2.63. The number of aromatic nitrogens is 1. The van der Waals surface area contributed by atoms with Crippen LogP contribution in [0, 0.1) is 22.7 Å². The van der Waals surface area contributed by atoms with E-state index in [0.29, 0.717) is 16.7 Å². The van der Waals surface area contributed by atoms with Crippen LogP contribution in [0.2, 0.25) is 0 Å². The maximum absolute atomic E-state index is 6.78. The second-order valence-electron chi connectivity index (χ2n) is 10.7. The molecule has 1 unspecified atom stereocenters. The molecular weight excluding hydrogens is 342 g/mol. The predicted molar refractivity (Wildman–Crippen MR) is 114 cm³/mol. The minimum absolute atomic E-state index is 0.0240. The van der Waals surface area contributed by atoms with Crippen molar-refractivity contribution in [2.24, 2.45) is 22.7 Å². The van der Waals surface area contributed by atoms with E-state index in [9.17, 15) is 0 Å². The lowest BCUT2D eigenvalue weighted by molar-refractivity contribution is -0.162. The fourth-order valence-corrected chi connectivity index (χ4v) is 7.21. The minimum Gasteiger partial charge on any atom is -0.487 e. The summed E-state index contributed by atoms with van der Waals surface area (Å²) in [5.74, 6) is 2.51. The van der Waals surface area contributed by atoms with Crippen LogP contribution in [0.3, 0.4) is 0 Å². The number of benzene rings is 1. The third-order valence-electron chi connectivity index (χ3n) is 8.58. The van der Waals surface area contributed by atoms with Gasteiger partial charge in [0.1, 0.15) is 11.4 Å². The Morgan fingerprint density at radius 1 is 0.893 bits per heavy atom. The molecule has 0 amide bonds. The van der Waals surface area contributed by atoms with E-state index in [1.807, 2.05) is 12.4 Å². The molecule has 2 nitrogen and oxygen atoms in total. The van der Waals surface area contributed by atoms with Crippen LogP contribution in [0.5, 0.6) is 5.75 Å². The van der Waals surface area contributed by atoms with Crippen molar-refractivity contribution in [3.63, 3.8) is 0 Å². The van der Waals surface area contributed by atoms with E-state index in [4.69, 9.17) is 4.74 Å². The van der Waals surface area contributed by atoms with Crippen molar-refractivity contribution < 1.29 is 4.74 Å². The van der Waals surface area contributed by atoms with Crippen LogP contribution in [-0.4, -0.2) is 10.6 Å². The van der Waals surface area contributed by atoms with E-state index < -0.39 is 0 Å². The molecule has 1 aliphatic heterocycles. The van der Waals surface area contributed by atoms with Crippen molar-refractivity contribution in [1.29, 1.82) is 0 Å². The van der Waals surface area contributed by atoms with Gasteiger partial charge in [-0.2, -0.15) is 0 Å². The number of ether oxygens (including phenoxy) is 1. The molecule has 0 spiro atoms. The zero-order valence-corrected chi connectivity index (χ0v) is 17.8. The molecule has 1 aromatic carbocycles. The molecule has 4 atom stereocenters. The molecule has 2 aliphatic carbocycles. The number of hydrogen-bond acceptors (Lipinski definition) is 2. The lowest BCUT2D eigenvalue weighted by Crippen LogP contribution is -2.61. The Kier molecular flexibility index (Phi) is 3.96. The third-order valence-corrected chi connectivity index (χ3v) is 8.58. The molecule has 28 heavy (non-hydrogen) atoms. The van der Waals surface area contributed by atoms with E-state index in [1.165, 1.54) is 48.8 Å². The molecule has 0 bridgehead atoms. The van der Waals surface area contributed by atoms with Gasteiger partial charge in [-0.3, -0.25) is 4.98 Å². The topological polar surface area (TPSA) is 22.1 Å². The molecule has 2 aromatic rings. The van der Waals surface area contributed by atoms with Gasteiger partial charge in [0.2, 0.25) is 0 Å². The molecule has 5 rings (SSSR count). The fourth-order valence-electron chi connectivity index (χ4n) is 7.21. The molecule has 3 aliphatic rings. The van der Waals surface area contributed by atoms with E-state index in [-0.39, 0.29) is 5.60 Å². The molecule has 2 saturated carbocycles. The largest absolute Gasteiger partial charge is 0.487 e. The van der Waals surface area contributed by atoms with Crippen LogP contribution in [0.15, 0.2) is 42.7 Å². The Morgan fingerprint density at radius 2 is 1.68 bits per heavy atom. The Bertz CT molecular complexity index is 889. The Hall–Kier alpha value is -1.83. The zero-order chi connectivity index (χ0) is 19.6. The average Bonchev–Trinajstić information content (AvgIpc) is 2.66. The first-order valence-corrected chi connectivity index (χ1v) is 11.0. The maximum atomic E-state index is 6.78. The van der Waals surface area contributed by atoms with Crippen molar-refractivity contribution in [1.82, 2.24) is 4.98 Å². The number of nitrogens with zero attached hydrogens (tertiary/aromatic N) is 1. The van der Waals surface area contributed by atoms with Gasteiger partial charge in [0.05, 0.1) is 0 Å². The quantitative estimate of drug-likeness (QED) is 0.554. The Morgan fingerprint density at radius 3 is 2.46 bits per heavy atom. The van der Waals surface area contributed by atoms with Gasteiger partial charge in [0.25, 0.3) is 0 Å². The molecule has 2 heterocycles. The molecule has 0 saturated heterocycles. The maximum Gasteiger partial charge on any atom is 0.123 e. The summed E-state index contributed by atoms with van der Waals surface area (Å²) in [6, 6.07) is 11.0. The summed E-state index contributed by atoms with van der Waals surface area (Å²) in [5, 5.41) is 0. The highest BCUT2D eigenvalue weighted by atomic mass is 16.5. The van der Waals surface area contributed by atoms with Crippen molar-refractivity contribution in [3.8, 4) is 16.9 Å². The summed E-state index contributed by atoms with van der Waals surface area (Å²) >= 11 is 0. The van der Waals surface area contributed by atoms with Gasteiger partial charge in [0, 0.05) is 18.3 Å². The van der Waals surface area contributed by atoms with Crippen LogP contribution in [0.1, 0.15) is 65.4 Å². The van der Waals surface area contributed by atoms with E-state index in [0.717, 1.165) is 18.1 Å². The highest BCUT2D eigenvalue weighted by Gasteiger charge is 2.60. The van der Waals surface area contributed by atoms with Gasteiger partial charge in [-0.05, 0) is 96.7 Å². The predicted octanol–water partition coefficient (Wildman–Crippen LogP) is 6.68. The van der Waals surface area contributed by atoms with Gasteiger partial charge in [0.15, 0.2) is 0 Å². The van der Waals surface area contributed by atoms with Crippen molar-refractivity contribution >= 4 is 0 Å². The molecule has 2 fully saturated rings. The number of rotatable bonds is 1. The first kappa shape index (κ1) is 18.2. The van der Waals surface area contributed by atoms with Gasteiger partial charge in [-0.15, -0.1) is 0 Å². The van der Waals surface area contributed by atoms with E-state index in [2.05, 4.69) is 63.0 Å². The lowest BCUT2D eigenvalue weighted by atomic mass is 9.44. The SMILES string of the molecule is CC1(C)CCC[C@@]2(C)C1CC[C@@]1(C)Oc3ccc(-c4ccncc4)cc3C[C@@H]12. The van der Waals surface area contributed by atoms with Crippen LogP contribution in [-0.2, 0) is 6.42 Å². The zero-order valence-electron chi connectivity index (χ0n) is 17.8. The van der Waals surface area contributed by atoms with Gasteiger partial charge < -0.3 is 4.74 Å². The van der Waals surface area contributed by atoms with Gasteiger partial charge in [-0.1, -0.05) is 33.3 Å². The Balaban J connectivity index is 1.55. The number of fused-ring (bicyclic) bond motifs is 4. The van der Waals surface area contributed by atoms with Crippen LogP contribution in [0.25, 0.3) is 11.1 Å².